The number of piperazine rings is 1. The van der Waals surface area contributed by atoms with Crippen LogP contribution in [0.1, 0.15) is 11.3 Å². The Morgan fingerprint density at radius 2 is 1.88 bits per heavy atom. The van der Waals surface area contributed by atoms with Crippen molar-refractivity contribution in [3.8, 4) is 0 Å². The second-order valence-corrected chi connectivity index (χ2v) is 6.67. The van der Waals surface area contributed by atoms with Crippen molar-refractivity contribution in [3.05, 3.63) is 59.8 Å². The van der Waals surface area contributed by atoms with Gasteiger partial charge in [-0.1, -0.05) is 0 Å². The smallest absolute Gasteiger partial charge is 0.227 e. The molecule has 1 aromatic carbocycles. The number of hydrogen-bond acceptors (Lipinski definition) is 3. The number of fused-ring (bicyclic) bond motifs is 1. The molecule has 0 bridgehead atoms. The van der Waals surface area contributed by atoms with Crippen LogP contribution in [-0.2, 0) is 11.2 Å². The zero-order valence-electron chi connectivity index (χ0n) is 14.7. The first kappa shape index (κ1) is 16.6. The molecular formula is C20H21FN4O. The fourth-order valence-corrected chi connectivity index (χ4v) is 3.61. The summed E-state index contributed by atoms with van der Waals surface area (Å²) in [5.74, 6) is -0.191. The molecule has 3 heterocycles. The number of rotatable bonds is 3. The number of aromatic amines is 1. The fourth-order valence-electron chi connectivity index (χ4n) is 3.61. The Hall–Kier alpha value is -2.89. The summed E-state index contributed by atoms with van der Waals surface area (Å²) in [4.78, 5) is 24.2. The van der Waals surface area contributed by atoms with E-state index in [2.05, 4.69) is 14.9 Å². The lowest BCUT2D eigenvalue weighted by Crippen LogP contribution is -2.49. The number of halogens is 1. The van der Waals surface area contributed by atoms with Crippen LogP contribution in [0.3, 0.4) is 0 Å². The third-order valence-corrected chi connectivity index (χ3v) is 5.07. The number of nitrogens with zero attached hydrogens (tertiary/aromatic N) is 3. The second kappa shape index (κ2) is 6.78. The van der Waals surface area contributed by atoms with E-state index < -0.39 is 0 Å². The van der Waals surface area contributed by atoms with Gasteiger partial charge in [0.1, 0.15) is 5.82 Å². The number of pyridine rings is 1. The summed E-state index contributed by atoms with van der Waals surface area (Å²) in [7, 11) is 0. The van der Waals surface area contributed by atoms with Gasteiger partial charge in [0, 0.05) is 60.9 Å². The highest BCUT2D eigenvalue weighted by atomic mass is 19.1. The molecule has 0 unspecified atom stereocenters. The molecule has 1 aliphatic heterocycles. The molecule has 5 nitrogen and oxygen atoms in total. The van der Waals surface area contributed by atoms with E-state index in [0.29, 0.717) is 19.5 Å². The van der Waals surface area contributed by atoms with Crippen molar-refractivity contribution >= 4 is 22.5 Å². The van der Waals surface area contributed by atoms with Crippen LogP contribution in [0.2, 0.25) is 0 Å². The van der Waals surface area contributed by atoms with Crippen molar-refractivity contribution in [3.63, 3.8) is 0 Å². The van der Waals surface area contributed by atoms with E-state index in [0.717, 1.165) is 40.9 Å². The molecule has 3 aromatic rings. The Bertz CT molecular complexity index is 930. The van der Waals surface area contributed by atoms with Gasteiger partial charge in [0.2, 0.25) is 5.91 Å². The first-order valence-corrected chi connectivity index (χ1v) is 8.81. The monoisotopic (exact) mass is 352 g/mol. The van der Waals surface area contributed by atoms with Crippen LogP contribution < -0.4 is 4.90 Å². The third-order valence-electron chi connectivity index (χ3n) is 5.07. The van der Waals surface area contributed by atoms with Crippen LogP contribution in [0.15, 0.2) is 42.7 Å². The molecule has 0 saturated carbocycles. The predicted molar refractivity (Wildman–Crippen MR) is 99.7 cm³/mol. The molecule has 1 saturated heterocycles. The highest BCUT2D eigenvalue weighted by Crippen LogP contribution is 2.24. The van der Waals surface area contributed by atoms with Crippen molar-refractivity contribution in [2.24, 2.45) is 0 Å². The molecule has 0 spiro atoms. The number of aryl methyl sites for hydroxylation is 1. The van der Waals surface area contributed by atoms with Gasteiger partial charge in [0.15, 0.2) is 0 Å². The highest BCUT2D eigenvalue weighted by Gasteiger charge is 2.23. The summed E-state index contributed by atoms with van der Waals surface area (Å²) in [5.41, 5.74) is 3.82. The molecule has 0 aliphatic carbocycles. The van der Waals surface area contributed by atoms with Crippen LogP contribution in [-0.4, -0.2) is 47.0 Å². The maximum atomic E-state index is 13.6. The SMILES string of the molecule is Cc1[nH]c2ccc(F)cc2c1CC(=O)N1CCN(c2ccncc2)CC1. The van der Waals surface area contributed by atoms with E-state index in [1.165, 1.54) is 12.1 Å². The summed E-state index contributed by atoms with van der Waals surface area (Å²) < 4.78 is 13.6. The Labute approximate surface area is 151 Å². The molecule has 26 heavy (non-hydrogen) atoms. The lowest BCUT2D eigenvalue weighted by molar-refractivity contribution is -0.130. The number of carbonyl (C=O) groups excluding carboxylic acids is 1. The summed E-state index contributed by atoms with van der Waals surface area (Å²) in [6.45, 7) is 4.92. The standard InChI is InChI=1S/C20H21FN4O/c1-14-17(18-12-15(21)2-3-19(18)23-14)13-20(26)25-10-8-24(9-11-25)16-4-6-22-7-5-16/h2-7,12,23H,8-11,13H2,1H3. The van der Waals surface area contributed by atoms with Crippen LogP contribution in [0.25, 0.3) is 10.9 Å². The van der Waals surface area contributed by atoms with Gasteiger partial charge in [0.25, 0.3) is 0 Å². The number of hydrogen-bond donors (Lipinski definition) is 1. The molecule has 1 amide bonds. The maximum absolute atomic E-state index is 13.6. The number of amides is 1. The van der Waals surface area contributed by atoms with Gasteiger partial charge in [-0.25, -0.2) is 4.39 Å². The minimum atomic E-state index is -0.281. The second-order valence-electron chi connectivity index (χ2n) is 6.67. The minimum Gasteiger partial charge on any atom is -0.368 e. The molecule has 4 rings (SSSR count). The molecule has 134 valence electrons. The number of nitrogens with one attached hydrogen (secondary N) is 1. The van der Waals surface area contributed by atoms with Crippen LogP contribution in [0, 0.1) is 12.7 Å². The van der Waals surface area contributed by atoms with Crippen molar-refractivity contribution in [1.82, 2.24) is 14.9 Å². The molecule has 0 radical (unpaired) electrons. The van der Waals surface area contributed by atoms with Gasteiger partial charge in [-0.2, -0.15) is 0 Å². The molecule has 6 heteroatoms. The number of aromatic nitrogens is 2. The minimum absolute atomic E-state index is 0.0904. The van der Waals surface area contributed by atoms with Gasteiger partial charge in [-0.3, -0.25) is 9.78 Å². The first-order chi connectivity index (χ1) is 12.6. The lowest BCUT2D eigenvalue weighted by atomic mass is 10.1. The Balaban J connectivity index is 1.45. The van der Waals surface area contributed by atoms with E-state index in [9.17, 15) is 9.18 Å². The highest BCUT2D eigenvalue weighted by molar-refractivity contribution is 5.90. The summed E-state index contributed by atoms with van der Waals surface area (Å²) in [5, 5.41) is 0.797. The fraction of sp³-hybridized carbons (Fsp3) is 0.300. The normalized spacial score (nSPS) is 14.8. The number of anilines is 1. The van der Waals surface area contributed by atoms with E-state index in [4.69, 9.17) is 0 Å². The van der Waals surface area contributed by atoms with Gasteiger partial charge in [-0.15, -0.1) is 0 Å². The zero-order valence-corrected chi connectivity index (χ0v) is 14.7. The van der Waals surface area contributed by atoms with E-state index in [-0.39, 0.29) is 11.7 Å². The van der Waals surface area contributed by atoms with Crippen molar-refractivity contribution in [1.29, 1.82) is 0 Å². The molecule has 2 aromatic heterocycles. The molecule has 1 N–H and O–H groups in total. The number of carbonyl (C=O) groups is 1. The van der Waals surface area contributed by atoms with Gasteiger partial charge in [-0.05, 0) is 42.8 Å². The van der Waals surface area contributed by atoms with E-state index in [1.54, 1.807) is 18.5 Å². The third kappa shape index (κ3) is 3.14. The Kier molecular flexibility index (Phi) is 4.32. The number of benzene rings is 1. The van der Waals surface area contributed by atoms with E-state index >= 15 is 0 Å². The number of H-pyrrole nitrogens is 1. The molecular weight excluding hydrogens is 331 g/mol. The van der Waals surface area contributed by atoms with Crippen LogP contribution in [0.4, 0.5) is 10.1 Å². The van der Waals surface area contributed by atoms with Gasteiger partial charge in [0.05, 0.1) is 6.42 Å². The molecule has 0 atom stereocenters. The first-order valence-electron chi connectivity index (χ1n) is 8.81. The Morgan fingerprint density at radius 3 is 2.62 bits per heavy atom. The average Bonchev–Trinajstić information content (AvgIpc) is 2.97. The van der Waals surface area contributed by atoms with Crippen molar-refractivity contribution in [2.45, 2.75) is 13.3 Å². The predicted octanol–water partition coefficient (Wildman–Crippen LogP) is 2.90. The average molecular weight is 352 g/mol. The Morgan fingerprint density at radius 1 is 1.15 bits per heavy atom. The van der Waals surface area contributed by atoms with Crippen LogP contribution >= 0.6 is 0 Å². The maximum Gasteiger partial charge on any atom is 0.227 e. The summed E-state index contributed by atoms with van der Waals surface area (Å²) in [6.07, 6.45) is 3.86. The van der Waals surface area contributed by atoms with Gasteiger partial charge >= 0.3 is 0 Å². The zero-order chi connectivity index (χ0) is 18.1. The molecule has 1 aliphatic rings. The lowest BCUT2D eigenvalue weighted by Gasteiger charge is -2.36. The van der Waals surface area contributed by atoms with Crippen LogP contribution in [0.5, 0.6) is 0 Å². The van der Waals surface area contributed by atoms with Crippen molar-refractivity contribution in [2.75, 3.05) is 31.1 Å². The summed E-state index contributed by atoms with van der Waals surface area (Å²) in [6, 6.07) is 8.63. The topological polar surface area (TPSA) is 52.2 Å². The summed E-state index contributed by atoms with van der Waals surface area (Å²) >= 11 is 0. The van der Waals surface area contributed by atoms with E-state index in [1.807, 2.05) is 24.0 Å². The molecule has 1 fully saturated rings. The van der Waals surface area contributed by atoms with Crippen molar-refractivity contribution < 1.29 is 9.18 Å². The quantitative estimate of drug-likeness (QED) is 0.789. The largest absolute Gasteiger partial charge is 0.368 e. The van der Waals surface area contributed by atoms with Gasteiger partial charge < -0.3 is 14.8 Å².